The zero-order chi connectivity index (χ0) is 10.4. The van der Waals surface area contributed by atoms with Gasteiger partial charge in [-0.2, -0.15) is 0 Å². The number of rotatable bonds is 1. The highest BCUT2D eigenvalue weighted by Crippen LogP contribution is 1.96. The molecule has 0 radical (unpaired) electrons. The monoisotopic (exact) mass is 185 g/mol. The summed E-state index contributed by atoms with van der Waals surface area (Å²) in [6.07, 6.45) is 1.22. The summed E-state index contributed by atoms with van der Waals surface area (Å²) < 4.78 is 14.0. The molecule has 2 nitrogen and oxygen atoms in total. The van der Waals surface area contributed by atoms with E-state index in [9.17, 15) is 9.18 Å². The highest BCUT2D eigenvalue weighted by atomic mass is 19.1. The van der Waals surface area contributed by atoms with Crippen LogP contribution in [-0.2, 0) is 6.54 Å². The van der Waals surface area contributed by atoms with Crippen molar-refractivity contribution in [2.75, 3.05) is 0 Å². The molecule has 0 aliphatic carbocycles. The van der Waals surface area contributed by atoms with Crippen molar-refractivity contribution in [2.24, 2.45) is 0 Å². The van der Waals surface area contributed by atoms with Crippen molar-refractivity contribution >= 4 is 0 Å². The lowest BCUT2D eigenvalue weighted by atomic mass is 10.3. The topological polar surface area (TPSA) is 22.0 Å². The fourth-order valence-electron chi connectivity index (χ4n) is 0.975. The number of aryl methyl sites for hydroxylation is 2. The molecule has 0 aliphatic heterocycles. The van der Waals surface area contributed by atoms with Crippen molar-refractivity contribution < 1.29 is 4.39 Å². The van der Waals surface area contributed by atoms with Crippen molar-refractivity contribution in [2.45, 2.75) is 34.2 Å². The van der Waals surface area contributed by atoms with Crippen molar-refractivity contribution in [3.8, 4) is 0 Å². The van der Waals surface area contributed by atoms with Crippen LogP contribution in [-0.4, -0.2) is 4.57 Å². The van der Waals surface area contributed by atoms with Crippen LogP contribution in [0.5, 0.6) is 0 Å². The van der Waals surface area contributed by atoms with Gasteiger partial charge in [0.25, 0.3) is 5.56 Å². The van der Waals surface area contributed by atoms with E-state index < -0.39 is 0 Å². The molecule has 13 heavy (non-hydrogen) atoms. The average molecular weight is 185 g/mol. The Hall–Kier alpha value is -1.12. The number of nitrogens with zero attached hydrogens (tertiary/aromatic N) is 1. The molecular formula is C10H16FNO. The minimum Gasteiger partial charge on any atom is -0.313 e. The number of hydrogen-bond acceptors (Lipinski definition) is 1. The molecule has 0 saturated carbocycles. The summed E-state index contributed by atoms with van der Waals surface area (Å²) >= 11 is 0. The third kappa shape index (κ3) is 3.01. The van der Waals surface area contributed by atoms with Crippen molar-refractivity contribution in [1.29, 1.82) is 0 Å². The van der Waals surface area contributed by atoms with Gasteiger partial charge in [-0.25, -0.2) is 4.39 Å². The van der Waals surface area contributed by atoms with Gasteiger partial charge in [0, 0.05) is 18.3 Å². The van der Waals surface area contributed by atoms with Gasteiger partial charge in [0.05, 0.1) is 0 Å². The molecule has 0 N–H and O–H groups in total. The summed E-state index contributed by atoms with van der Waals surface area (Å²) in [5.74, 6) is -0.357. The predicted octanol–water partition coefficient (Wildman–Crippen LogP) is 2.34. The summed E-state index contributed by atoms with van der Waals surface area (Å²) in [4.78, 5) is 11.1. The van der Waals surface area contributed by atoms with Gasteiger partial charge in [0.15, 0.2) is 0 Å². The zero-order valence-corrected chi connectivity index (χ0v) is 8.60. The molecule has 0 atom stereocenters. The second-order valence-electron chi connectivity index (χ2n) is 2.43. The van der Waals surface area contributed by atoms with Crippen LogP contribution < -0.4 is 5.56 Å². The second kappa shape index (κ2) is 5.51. The Morgan fingerprint density at radius 3 is 2.46 bits per heavy atom. The Balaban J connectivity index is 0.000000671. The SMILES string of the molecule is CC.CCn1cc(F)cc(C)c1=O. The van der Waals surface area contributed by atoms with Crippen LogP contribution in [0.3, 0.4) is 0 Å². The van der Waals surface area contributed by atoms with Crippen LogP contribution in [0, 0.1) is 12.7 Å². The minimum absolute atomic E-state index is 0.117. The molecule has 0 fully saturated rings. The van der Waals surface area contributed by atoms with Gasteiger partial charge in [-0.3, -0.25) is 4.79 Å². The molecule has 0 aromatic carbocycles. The lowest BCUT2D eigenvalue weighted by Gasteiger charge is -2.01. The Kier molecular flexibility index (Phi) is 5.04. The van der Waals surface area contributed by atoms with Crippen LogP contribution >= 0.6 is 0 Å². The molecule has 1 aromatic rings. The van der Waals surface area contributed by atoms with Gasteiger partial charge in [-0.15, -0.1) is 0 Å². The highest BCUT2D eigenvalue weighted by molar-refractivity contribution is 5.09. The lowest BCUT2D eigenvalue weighted by Crippen LogP contribution is -2.21. The third-order valence-electron chi connectivity index (χ3n) is 1.57. The molecule has 74 valence electrons. The fraction of sp³-hybridized carbons (Fsp3) is 0.500. The molecule has 1 rings (SSSR count). The summed E-state index contributed by atoms with van der Waals surface area (Å²) in [7, 11) is 0. The Bertz CT molecular complexity index is 317. The van der Waals surface area contributed by atoms with Gasteiger partial charge >= 0.3 is 0 Å². The number of aromatic nitrogens is 1. The van der Waals surface area contributed by atoms with E-state index in [4.69, 9.17) is 0 Å². The van der Waals surface area contributed by atoms with E-state index in [1.165, 1.54) is 16.8 Å². The van der Waals surface area contributed by atoms with Crippen LogP contribution in [0.15, 0.2) is 17.1 Å². The normalized spacial score (nSPS) is 9.00. The molecule has 0 spiro atoms. The first-order valence-corrected chi connectivity index (χ1v) is 4.51. The van der Waals surface area contributed by atoms with Gasteiger partial charge < -0.3 is 4.57 Å². The highest BCUT2D eigenvalue weighted by Gasteiger charge is 1.99. The summed E-state index contributed by atoms with van der Waals surface area (Å²) in [6, 6.07) is 1.24. The van der Waals surface area contributed by atoms with Crippen LogP contribution in [0.1, 0.15) is 26.3 Å². The largest absolute Gasteiger partial charge is 0.313 e. The van der Waals surface area contributed by atoms with E-state index in [2.05, 4.69) is 0 Å². The van der Waals surface area contributed by atoms with Crippen molar-refractivity contribution in [3.05, 3.63) is 34.0 Å². The quantitative estimate of drug-likeness (QED) is 0.658. The molecule has 0 bridgehead atoms. The van der Waals surface area contributed by atoms with E-state index in [1.54, 1.807) is 13.8 Å². The van der Waals surface area contributed by atoms with E-state index in [0.29, 0.717) is 12.1 Å². The standard InChI is InChI=1S/C8H10FNO.C2H6/c1-3-10-5-7(9)4-6(2)8(10)11;1-2/h4-5H,3H2,1-2H3;1-2H3. The molecule has 0 saturated heterocycles. The van der Waals surface area contributed by atoms with E-state index in [1.807, 2.05) is 13.8 Å². The van der Waals surface area contributed by atoms with Crippen LogP contribution in [0.4, 0.5) is 4.39 Å². The van der Waals surface area contributed by atoms with Crippen LogP contribution in [0.25, 0.3) is 0 Å². The summed E-state index contributed by atoms with van der Waals surface area (Å²) in [5, 5.41) is 0. The molecule has 1 heterocycles. The Morgan fingerprint density at radius 2 is 2.00 bits per heavy atom. The molecule has 3 heteroatoms. The summed E-state index contributed by atoms with van der Waals surface area (Å²) in [5.41, 5.74) is 0.334. The Morgan fingerprint density at radius 1 is 1.46 bits per heavy atom. The van der Waals surface area contributed by atoms with Gasteiger partial charge in [0.1, 0.15) is 5.82 Å². The first-order chi connectivity index (χ1) is 6.15. The maximum atomic E-state index is 12.6. The van der Waals surface area contributed by atoms with E-state index in [-0.39, 0.29) is 11.4 Å². The van der Waals surface area contributed by atoms with E-state index >= 15 is 0 Å². The van der Waals surface area contributed by atoms with Crippen LogP contribution in [0.2, 0.25) is 0 Å². The molecule has 0 aliphatic rings. The number of hydrogen-bond donors (Lipinski definition) is 0. The first kappa shape index (κ1) is 11.9. The zero-order valence-electron chi connectivity index (χ0n) is 8.60. The third-order valence-corrected chi connectivity index (χ3v) is 1.57. The molecule has 0 amide bonds. The van der Waals surface area contributed by atoms with Gasteiger partial charge in [-0.05, 0) is 19.9 Å². The predicted molar refractivity (Wildman–Crippen MR) is 52.4 cm³/mol. The second-order valence-corrected chi connectivity index (χ2v) is 2.43. The summed E-state index contributed by atoms with van der Waals surface area (Å²) in [6.45, 7) is 7.93. The Labute approximate surface area is 78.0 Å². The minimum atomic E-state index is -0.357. The maximum absolute atomic E-state index is 12.6. The smallest absolute Gasteiger partial charge is 0.253 e. The average Bonchev–Trinajstić information content (AvgIpc) is 2.14. The number of halogens is 1. The van der Waals surface area contributed by atoms with Gasteiger partial charge in [0.2, 0.25) is 0 Å². The maximum Gasteiger partial charge on any atom is 0.253 e. The fourth-order valence-corrected chi connectivity index (χ4v) is 0.975. The van der Waals surface area contributed by atoms with Gasteiger partial charge in [-0.1, -0.05) is 13.8 Å². The molecule has 0 unspecified atom stereocenters. The van der Waals surface area contributed by atoms with Crippen molar-refractivity contribution in [3.63, 3.8) is 0 Å². The lowest BCUT2D eigenvalue weighted by molar-refractivity contribution is 0.587. The first-order valence-electron chi connectivity index (χ1n) is 4.51. The molecular weight excluding hydrogens is 169 g/mol. The van der Waals surface area contributed by atoms with E-state index in [0.717, 1.165) is 0 Å². The van der Waals surface area contributed by atoms with Crippen molar-refractivity contribution in [1.82, 2.24) is 4.57 Å². The molecule has 1 aromatic heterocycles. The number of pyridine rings is 1.